The van der Waals surface area contributed by atoms with E-state index in [1.165, 1.54) is 20.0 Å². The molecule has 3 N–H and O–H groups in total. The van der Waals surface area contributed by atoms with E-state index in [1.807, 2.05) is 54.6 Å². The first-order valence-electron chi connectivity index (χ1n) is 9.80. The Morgan fingerprint density at radius 3 is 2.27 bits per heavy atom. The van der Waals surface area contributed by atoms with E-state index < -0.39 is 23.8 Å². The van der Waals surface area contributed by atoms with Crippen molar-refractivity contribution < 1.29 is 24.2 Å². The molecular formula is C23H26N2O5. The van der Waals surface area contributed by atoms with E-state index in [0.29, 0.717) is 6.54 Å². The molecule has 0 radical (unpaired) electrons. The Hall–Kier alpha value is -3.16. The molecule has 3 rings (SSSR count). The summed E-state index contributed by atoms with van der Waals surface area (Å²) in [6, 6.07) is 17.2. The number of ether oxygens (including phenoxy) is 2. The Bertz CT molecular complexity index is 885. The van der Waals surface area contributed by atoms with Crippen LogP contribution in [-0.4, -0.2) is 35.9 Å². The van der Waals surface area contributed by atoms with Gasteiger partial charge in [0.2, 0.25) is 0 Å². The minimum absolute atomic E-state index is 0.181. The van der Waals surface area contributed by atoms with Gasteiger partial charge in [0.05, 0.1) is 6.10 Å². The fraction of sp³-hybridized carbons (Fsp3) is 0.304. The Morgan fingerprint density at radius 1 is 1.00 bits per heavy atom. The smallest absolute Gasteiger partial charge is 0.350 e. The van der Waals surface area contributed by atoms with Crippen molar-refractivity contribution >= 4 is 17.6 Å². The lowest BCUT2D eigenvalue weighted by Crippen LogP contribution is -2.42. The highest BCUT2D eigenvalue weighted by Gasteiger charge is 2.38. The minimum atomic E-state index is -1.25. The maximum atomic E-state index is 11.9. The number of hydrogen-bond acceptors (Lipinski definition) is 7. The van der Waals surface area contributed by atoms with Crippen LogP contribution in [0.2, 0.25) is 0 Å². The number of esters is 2. The highest BCUT2D eigenvalue weighted by Crippen LogP contribution is 2.22. The van der Waals surface area contributed by atoms with Gasteiger partial charge in [-0.2, -0.15) is 0 Å². The summed E-state index contributed by atoms with van der Waals surface area (Å²) in [5, 5.41) is 16.3. The molecule has 7 heteroatoms. The number of aliphatic hydroxyl groups is 1. The van der Waals surface area contributed by atoms with Gasteiger partial charge in [-0.3, -0.25) is 0 Å². The summed E-state index contributed by atoms with van der Waals surface area (Å²) in [4.78, 5) is 23.8. The van der Waals surface area contributed by atoms with Crippen LogP contribution in [-0.2, 0) is 25.5 Å². The van der Waals surface area contributed by atoms with E-state index in [2.05, 4.69) is 10.6 Å². The Balaban J connectivity index is 1.45. The molecule has 158 valence electrons. The van der Waals surface area contributed by atoms with Gasteiger partial charge in [0.25, 0.3) is 5.79 Å². The molecule has 0 saturated carbocycles. The van der Waals surface area contributed by atoms with Crippen LogP contribution in [0.25, 0.3) is 0 Å². The molecule has 1 fully saturated rings. The average Bonchev–Trinajstić information content (AvgIpc) is 2.71. The Labute approximate surface area is 175 Å². The van der Waals surface area contributed by atoms with Crippen molar-refractivity contribution in [3.8, 4) is 0 Å². The van der Waals surface area contributed by atoms with Crippen molar-refractivity contribution in [2.24, 2.45) is 0 Å². The first kappa shape index (κ1) is 21.5. The molecular weight excluding hydrogens is 384 g/mol. The van der Waals surface area contributed by atoms with Crippen LogP contribution in [0.15, 0.2) is 66.4 Å². The van der Waals surface area contributed by atoms with E-state index in [9.17, 15) is 14.7 Å². The summed E-state index contributed by atoms with van der Waals surface area (Å²) in [6.45, 7) is 4.22. The maximum absolute atomic E-state index is 11.9. The van der Waals surface area contributed by atoms with Gasteiger partial charge in [0.1, 0.15) is 0 Å². The lowest BCUT2D eigenvalue weighted by Gasteiger charge is -2.29. The predicted molar refractivity (Wildman–Crippen MR) is 112 cm³/mol. The number of carbonyl (C=O) groups excluding carboxylic acids is 2. The summed E-state index contributed by atoms with van der Waals surface area (Å²) in [6.07, 6.45) is 1.56. The second-order valence-corrected chi connectivity index (χ2v) is 7.46. The number of cyclic esters (lactones) is 2. The lowest BCUT2D eigenvalue weighted by molar-refractivity contribution is -0.222. The number of nitrogens with one attached hydrogen (secondary N) is 2. The second kappa shape index (κ2) is 9.56. The lowest BCUT2D eigenvalue weighted by atomic mass is 10.1. The molecule has 2 aromatic rings. The zero-order valence-electron chi connectivity index (χ0n) is 17.1. The van der Waals surface area contributed by atoms with Crippen molar-refractivity contribution in [1.29, 1.82) is 0 Å². The van der Waals surface area contributed by atoms with Crippen LogP contribution < -0.4 is 10.6 Å². The van der Waals surface area contributed by atoms with Gasteiger partial charge in [-0.25, -0.2) is 9.59 Å². The van der Waals surface area contributed by atoms with E-state index in [1.54, 1.807) is 0 Å². The first-order chi connectivity index (χ1) is 14.3. The van der Waals surface area contributed by atoms with Gasteiger partial charge in [-0.1, -0.05) is 42.5 Å². The topological polar surface area (TPSA) is 96.9 Å². The summed E-state index contributed by atoms with van der Waals surface area (Å²) in [5.74, 6) is -2.69. The molecule has 7 nitrogen and oxygen atoms in total. The van der Waals surface area contributed by atoms with Crippen LogP contribution in [0.5, 0.6) is 0 Å². The van der Waals surface area contributed by atoms with Crippen molar-refractivity contribution in [3.05, 3.63) is 77.5 Å². The monoisotopic (exact) mass is 410 g/mol. The average molecular weight is 410 g/mol. The molecule has 0 bridgehead atoms. The molecule has 1 heterocycles. The molecule has 1 aliphatic rings. The van der Waals surface area contributed by atoms with Crippen molar-refractivity contribution in [2.75, 3.05) is 18.4 Å². The van der Waals surface area contributed by atoms with Gasteiger partial charge in [0, 0.05) is 32.3 Å². The van der Waals surface area contributed by atoms with E-state index in [-0.39, 0.29) is 5.57 Å². The normalized spacial score (nSPS) is 16.4. The van der Waals surface area contributed by atoms with Gasteiger partial charge in [-0.15, -0.1) is 0 Å². The van der Waals surface area contributed by atoms with Gasteiger partial charge in [-0.05, 0) is 36.2 Å². The molecule has 1 saturated heterocycles. The van der Waals surface area contributed by atoms with Crippen LogP contribution in [0.3, 0.4) is 0 Å². The van der Waals surface area contributed by atoms with Gasteiger partial charge in [0.15, 0.2) is 5.57 Å². The largest absolute Gasteiger partial charge is 0.419 e. The fourth-order valence-corrected chi connectivity index (χ4v) is 2.97. The third-order valence-electron chi connectivity index (χ3n) is 4.57. The van der Waals surface area contributed by atoms with Crippen LogP contribution in [0.1, 0.15) is 31.1 Å². The SMILES string of the molecule is CC1(C)OC(=O)C(=CNc2ccc(CCNCC(O)c3ccccc3)cc2)C(=O)O1. The third-order valence-corrected chi connectivity index (χ3v) is 4.57. The zero-order chi connectivity index (χ0) is 21.6. The van der Waals surface area contributed by atoms with Crippen molar-refractivity contribution in [2.45, 2.75) is 32.2 Å². The van der Waals surface area contributed by atoms with Gasteiger partial charge < -0.3 is 25.2 Å². The quantitative estimate of drug-likeness (QED) is 0.266. The van der Waals surface area contributed by atoms with E-state index in [4.69, 9.17) is 9.47 Å². The predicted octanol–water partition coefficient (Wildman–Crippen LogP) is 2.68. The van der Waals surface area contributed by atoms with Gasteiger partial charge >= 0.3 is 11.9 Å². The fourth-order valence-electron chi connectivity index (χ4n) is 2.97. The van der Waals surface area contributed by atoms with Crippen molar-refractivity contribution in [1.82, 2.24) is 5.32 Å². The third kappa shape index (κ3) is 5.92. The summed E-state index contributed by atoms with van der Waals surface area (Å²) >= 11 is 0. The molecule has 0 amide bonds. The number of aliphatic hydroxyl groups excluding tert-OH is 1. The zero-order valence-corrected chi connectivity index (χ0v) is 17.1. The molecule has 0 spiro atoms. The summed E-state index contributed by atoms with van der Waals surface area (Å²) < 4.78 is 10.1. The molecule has 1 atom stereocenters. The Morgan fingerprint density at radius 2 is 1.63 bits per heavy atom. The maximum Gasteiger partial charge on any atom is 0.350 e. The highest BCUT2D eigenvalue weighted by molar-refractivity contribution is 6.15. The molecule has 2 aromatic carbocycles. The second-order valence-electron chi connectivity index (χ2n) is 7.46. The standard InChI is InChI=1S/C23H26N2O5/c1-23(2)29-21(27)19(22(28)30-23)14-25-18-10-8-16(9-11-18)12-13-24-15-20(26)17-6-4-3-5-7-17/h3-11,14,20,24-26H,12-13,15H2,1-2H3. The number of anilines is 1. The summed E-state index contributed by atoms with van der Waals surface area (Å²) in [7, 11) is 0. The first-order valence-corrected chi connectivity index (χ1v) is 9.80. The Kier molecular flexibility index (Phi) is 6.87. The van der Waals surface area contributed by atoms with Crippen LogP contribution >= 0.6 is 0 Å². The number of hydrogen-bond donors (Lipinski definition) is 3. The number of benzene rings is 2. The summed E-state index contributed by atoms with van der Waals surface area (Å²) in [5.41, 5.74) is 2.56. The van der Waals surface area contributed by atoms with Crippen LogP contribution in [0.4, 0.5) is 5.69 Å². The van der Waals surface area contributed by atoms with E-state index >= 15 is 0 Å². The molecule has 0 aliphatic carbocycles. The van der Waals surface area contributed by atoms with E-state index in [0.717, 1.165) is 29.8 Å². The number of rotatable bonds is 8. The molecule has 1 unspecified atom stereocenters. The van der Waals surface area contributed by atoms with Crippen LogP contribution in [0, 0.1) is 0 Å². The molecule has 0 aromatic heterocycles. The van der Waals surface area contributed by atoms with Crippen molar-refractivity contribution in [3.63, 3.8) is 0 Å². The molecule has 30 heavy (non-hydrogen) atoms. The highest BCUT2D eigenvalue weighted by atomic mass is 16.7. The molecule has 1 aliphatic heterocycles. The minimum Gasteiger partial charge on any atom is -0.419 e. The number of carbonyl (C=O) groups is 2.